The van der Waals surface area contributed by atoms with Gasteiger partial charge in [0.25, 0.3) is 5.91 Å². The second kappa shape index (κ2) is 7.36. The highest BCUT2D eigenvalue weighted by Crippen LogP contribution is 2.27. The largest absolute Gasteiger partial charge is 0.483 e. The minimum atomic E-state index is -0.122. The molecular formula is C19H25NO3. The Balaban J connectivity index is 2.03. The van der Waals surface area contributed by atoms with E-state index in [1.54, 1.807) is 18.2 Å². The number of carbonyl (C=O) groups is 1. The number of likely N-dealkylation sites (N-methyl/N-ethyl adjacent to an activating group) is 1. The monoisotopic (exact) mass is 315 g/mol. The molecule has 1 atom stereocenters. The second-order valence-electron chi connectivity index (χ2n) is 6.18. The molecule has 23 heavy (non-hydrogen) atoms. The molecule has 0 aliphatic carbocycles. The van der Waals surface area contributed by atoms with E-state index < -0.39 is 0 Å². The highest BCUT2D eigenvalue weighted by molar-refractivity contribution is 5.78. The maximum absolute atomic E-state index is 12.4. The molecule has 4 heteroatoms. The van der Waals surface area contributed by atoms with E-state index in [0.29, 0.717) is 5.92 Å². The third-order valence-corrected chi connectivity index (χ3v) is 4.07. The van der Waals surface area contributed by atoms with Gasteiger partial charge in [-0.25, -0.2) is 0 Å². The van der Waals surface area contributed by atoms with Gasteiger partial charge in [0.05, 0.1) is 12.3 Å². The van der Waals surface area contributed by atoms with Crippen LogP contribution in [-0.4, -0.2) is 24.5 Å². The molecule has 0 aliphatic rings. The summed E-state index contributed by atoms with van der Waals surface area (Å²) in [6.07, 6.45) is 1.61. The van der Waals surface area contributed by atoms with Gasteiger partial charge >= 0.3 is 0 Å². The molecule has 0 fully saturated rings. The highest BCUT2D eigenvalue weighted by Gasteiger charge is 2.20. The summed E-state index contributed by atoms with van der Waals surface area (Å²) in [5.41, 5.74) is 2.24. The lowest BCUT2D eigenvalue weighted by Crippen LogP contribution is -2.33. The molecule has 1 aromatic heterocycles. The van der Waals surface area contributed by atoms with Crippen molar-refractivity contribution in [3.8, 4) is 5.75 Å². The number of aryl methyl sites for hydroxylation is 1. The Morgan fingerprint density at radius 2 is 2.00 bits per heavy atom. The molecule has 0 aliphatic heterocycles. The van der Waals surface area contributed by atoms with E-state index in [9.17, 15) is 4.79 Å². The fourth-order valence-corrected chi connectivity index (χ4v) is 2.42. The molecular weight excluding hydrogens is 290 g/mol. The SMILES string of the molecule is Cc1ccc(C(C)C)c(OCC(=O)N(C)C(C)c2ccco2)c1. The minimum absolute atomic E-state index is 0.0186. The summed E-state index contributed by atoms with van der Waals surface area (Å²) in [6, 6.07) is 9.68. The van der Waals surface area contributed by atoms with Crippen molar-refractivity contribution in [1.82, 2.24) is 4.90 Å². The summed E-state index contributed by atoms with van der Waals surface area (Å²) in [7, 11) is 1.76. The molecule has 0 saturated carbocycles. The molecule has 0 saturated heterocycles. The molecule has 0 spiro atoms. The Labute approximate surface area is 138 Å². The van der Waals surface area contributed by atoms with Gasteiger partial charge in [0.15, 0.2) is 6.61 Å². The van der Waals surface area contributed by atoms with Crippen LogP contribution in [0.1, 0.15) is 49.6 Å². The molecule has 2 rings (SSSR count). The fourth-order valence-electron chi connectivity index (χ4n) is 2.42. The Morgan fingerprint density at radius 1 is 1.26 bits per heavy atom. The number of benzene rings is 1. The molecule has 1 unspecified atom stereocenters. The Kier molecular flexibility index (Phi) is 5.48. The molecule has 2 aromatic rings. The van der Waals surface area contributed by atoms with E-state index in [4.69, 9.17) is 9.15 Å². The summed E-state index contributed by atoms with van der Waals surface area (Å²) >= 11 is 0. The fraction of sp³-hybridized carbons (Fsp3) is 0.421. The Bertz CT molecular complexity index is 647. The number of hydrogen-bond acceptors (Lipinski definition) is 3. The molecule has 0 N–H and O–H groups in total. The molecule has 124 valence electrons. The van der Waals surface area contributed by atoms with Crippen LogP contribution in [0.25, 0.3) is 0 Å². The molecule has 0 bridgehead atoms. The third-order valence-electron chi connectivity index (χ3n) is 4.07. The quantitative estimate of drug-likeness (QED) is 0.797. The predicted molar refractivity (Wildman–Crippen MR) is 90.7 cm³/mol. The predicted octanol–water partition coefficient (Wildman–Crippen LogP) is 4.31. The van der Waals surface area contributed by atoms with E-state index in [1.165, 1.54) is 0 Å². The van der Waals surface area contributed by atoms with Gasteiger partial charge in [-0.1, -0.05) is 26.0 Å². The average Bonchev–Trinajstić information content (AvgIpc) is 3.05. The number of hydrogen-bond donors (Lipinski definition) is 0. The first-order valence-corrected chi connectivity index (χ1v) is 7.92. The normalized spacial score (nSPS) is 12.3. The van der Waals surface area contributed by atoms with E-state index >= 15 is 0 Å². The number of rotatable bonds is 6. The highest BCUT2D eigenvalue weighted by atomic mass is 16.5. The van der Waals surface area contributed by atoms with Gasteiger partial charge < -0.3 is 14.1 Å². The zero-order valence-corrected chi connectivity index (χ0v) is 14.5. The van der Waals surface area contributed by atoms with E-state index in [2.05, 4.69) is 26.0 Å². The summed E-state index contributed by atoms with van der Waals surface area (Å²) < 4.78 is 11.2. The smallest absolute Gasteiger partial charge is 0.260 e. The van der Waals surface area contributed by atoms with Crippen molar-refractivity contribution in [2.24, 2.45) is 0 Å². The van der Waals surface area contributed by atoms with Crippen LogP contribution < -0.4 is 4.74 Å². The average molecular weight is 315 g/mol. The standard InChI is InChI=1S/C19H25NO3/c1-13(2)16-9-8-14(3)11-18(16)23-12-19(21)20(5)15(4)17-7-6-10-22-17/h6-11,13,15H,12H2,1-5H3. The van der Waals surface area contributed by atoms with Gasteiger partial charge in [0.2, 0.25) is 0 Å². The van der Waals surface area contributed by atoms with Gasteiger partial charge in [-0.15, -0.1) is 0 Å². The second-order valence-corrected chi connectivity index (χ2v) is 6.18. The summed E-state index contributed by atoms with van der Waals surface area (Å²) in [5.74, 6) is 1.82. The number of ether oxygens (including phenoxy) is 1. The lowest BCUT2D eigenvalue weighted by atomic mass is 10.0. The Morgan fingerprint density at radius 3 is 2.61 bits per heavy atom. The van der Waals surface area contributed by atoms with Gasteiger partial charge in [0.1, 0.15) is 11.5 Å². The van der Waals surface area contributed by atoms with Gasteiger partial charge in [-0.3, -0.25) is 4.79 Å². The summed E-state index contributed by atoms with van der Waals surface area (Å²) in [6.45, 7) is 8.20. The van der Waals surface area contributed by atoms with Crippen LogP contribution >= 0.6 is 0 Å². The summed E-state index contributed by atoms with van der Waals surface area (Å²) in [4.78, 5) is 14.0. The minimum Gasteiger partial charge on any atom is -0.483 e. The van der Waals surface area contributed by atoms with Crippen LogP contribution in [0, 0.1) is 6.92 Å². The maximum Gasteiger partial charge on any atom is 0.260 e. The van der Waals surface area contributed by atoms with Crippen molar-refractivity contribution in [3.63, 3.8) is 0 Å². The lowest BCUT2D eigenvalue weighted by molar-refractivity contribution is -0.134. The molecule has 0 radical (unpaired) electrons. The first-order chi connectivity index (χ1) is 10.9. The number of carbonyl (C=O) groups excluding carboxylic acids is 1. The van der Waals surface area contributed by atoms with Crippen molar-refractivity contribution in [2.75, 3.05) is 13.7 Å². The zero-order valence-electron chi connectivity index (χ0n) is 14.5. The van der Waals surface area contributed by atoms with E-state index in [-0.39, 0.29) is 18.6 Å². The van der Waals surface area contributed by atoms with Crippen LogP contribution in [0.4, 0.5) is 0 Å². The van der Waals surface area contributed by atoms with Gasteiger partial charge in [-0.05, 0) is 49.1 Å². The lowest BCUT2D eigenvalue weighted by Gasteiger charge is -2.24. The molecule has 1 aromatic carbocycles. The first kappa shape index (κ1) is 17.1. The van der Waals surface area contributed by atoms with Crippen molar-refractivity contribution < 1.29 is 13.9 Å². The van der Waals surface area contributed by atoms with Crippen LogP contribution in [0.15, 0.2) is 41.0 Å². The van der Waals surface area contributed by atoms with Crippen molar-refractivity contribution >= 4 is 5.91 Å². The topological polar surface area (TPSA) is 42.7 Å². The summed E-state index contributed by atoms with van der Waals surface area (Å²) in [5, 5.41) is 0. The Hall–Kier alpha value is -2.23. The number of furan rings is 1. The molecule has 1 heterocycles. The van der Waals surface area contributed by atoms with Crippen LogP contribution in [0.2, 0.25) is 0 Å². The third kappa shape index (κ3) is 4.15. The van der Waals surface area contributed by atoms with Gasteiger partial charge in [-0.2, -0.15) is 0 Å². The van der Waals surface area contributed by atoms with E-state index in [1.807, 2.05) is 32.0 Å². The van der Waals surface area contributed by atoms with Crippen LogP contribution in [-0.2, 0) is 4.79 Å². The van der Waals surface area contributed by atoms with E-state index in [0.717, 1.165) is 22.6 Å². The first-order valence-electron chi connectivity index (χ1n) is 7.92. The van der Waals surface area contributed by atoms with Crippen LogP contribution in [0.5, 0.6) is 5.75 Å². The van der Waals surface area contributed by atoms with Gasteiger partial charge in [0, 0.05) is 7.05 Å². The molecule has 4 nitrogen and oxygen atoms in total. The van der Waals surface area contributed by atoms with Crippen molar-refractivity contribution in [1.29, 1.82) is 0 Å². The number of nitrogens with zero attached hydrogens (tertiary/aromatic N) is 1. The van der Waals surface area contributed by atoms with Crippen molar-refractivity contribution in [2.45, 2.75) is 39.7 Å². The van der Waals surface area contributed by atoms with Crippen molar-refractivity contribution in [3.05, 3.63) is 53.5 Å². The van der Waals surface area contributed by atoms with Crippen LogP contribution in [0.3, 0.4) is 0 Å². The maximum atomic E-state index is 12.4. The zero-order chi connectivity index (χ0) is 17.0. The molecule has 1 amide bonds. The number of amides is 1.